The molecule has 4 aromatic rings. The summed E-state index contributed by atoms with van der Waals surface area (Å²) >= 11 is 0. The van der Waals surface area contributed by atoms with Gasteiger partial charge in [0.1, 0.15) is 61.5 Å². The molecule has 72 heavy (non-hydrogen) atoms. The van der Waals surface area contributed by atoms with E-state index in [1.165, 1.54) is 35.6 Å². The standard InChI is InChI=1S/C46H52N6O20/c1-23(53)61-21-37-39(65-25(3)55)41(67-27(5)57)43(69-29(7)59)45(71-37)51-17-33(47-49-51)19-63-35-13-9-31(10-14-35)32-11-15-36(16-12-32)64-20-34-18-52(50-48-34)46-44(70-30(8)60)42(68-28(6)58)40(66-26(4)56)38(72-46)22-62-24(2)54/h9-18,37-46H,19-22H2,1-8H3/t37-,38+,39-,40+,41+,42-,43-,44+,45-,46+. The van der Waals surface area contributed by atoms with Crippen LogP contribution >= 0.6 is 0 Å². The van der Waals surface area contributed by atoms with Crippen molar-refractivity contribution in [2.45, 2.75) is 130 Å². The van der Waals surface area contributed by atoms with Crippen LogP contribution < -0.4 is 9.47 Å². The minimum Gasteiger partial charge on any atom is -0.487 e. The highest BCUT2D eigenvalue weighted by Gasteiger charge is 2.55. The van der Waals surface area contributed by atoms with Crippen LogP contribution in [0.3, 0.4) is 0 Å². The van der Waals surface area contributed by atoms with E-state index in [1.807, 2.05) is 24.3 Å². The average Bonchev–Trinajstić information content (AvgIpc) is 3.99. The fourth-order valence-electron chi connectivity index (χ4n) is 7.65. The van der Waals surface area contributed by atoms with Crippen LogP contribution in [0.15, 0.2) is 60.9 Å². The van der Waals surface area contributed by atoms with E-state index >= 15 is 0 Å². The van der Waals surface area contributed by atoms with E-state index in [2.05, 4.69) is 20.6 Å². The second-order valence-electron chi connectivity index (χ2n) is 16.2. The molecule has 2 aliphatic heterocycles. The molecule has 2 aromatic carbocycles. The predicted molar refractivity (Wildman–Crippen MR) is 235 cm³/mol. The fraction of sp³-hybridized carbons (Fsp3) is 0.478. The van der Waals surface area contributed by atoms with Gasteiger partial charge in [-0.3, -0.25) is 38.4 Å². The quantitative estimate of drug-likeness (QED) is 0.0960. The molecule has 386 valence electrons. The van der Waals surface area contributed by atoms with E-state index in [-0.39, 0.29) is 13.2 Å². The lowest BCUT2D eigenvalue weighted by Crippen LogP contribution is -2.60. The topological polar surface area (TPSA) is 309 Å². The van der Waals surface area contributed by atoms with Gasteiger partial charge >= 0.3 is 47.8 Å². The monoisotopic (exact) mass is 1010 g/mol. The minimum atomic E-state index is -1.39. The van der Waals surface area contributed by atoms with Crippen LogP contribution in [0.1, 0.15) is 79.2 Å². The summed E-state index contributed by atoms with van der Waals surface area (Å²) in [6.07, 6.45) is -10.2. The molecule has 2 saturated heterocycles. The Morgan fingerprint density at radius 2 is 0.736 bits per heavy atom. The van der Waals surface area contributed by atoms with Gasteiger partial charge in [0.25, 0.3) is 0 Å². The van der Waals surface area contributed by atoms with Crippen molar-refractivity contribution in [2.75, 3.05) is 13.2 Å². The molecule has 2 aliphatic rings. The molecule has 0 N–H and O–H groups in total. The van der Waals surface area contributed by atoms with Gasteiger partial charge in [-0.15, -0.1) is 10.2 Å². The zero-order valence-electron chi connectivity index (χ0n) is 40.2. The highest BCUT2D eigenvalue weighted by atomic mass is 16.7. The smallest absolute Gasteiger partial charge is 0.303 e. The maximum atomic E-state index is 12.3. The van der Waals surface area contributed by atoms with Gasteiger partial charge in [0, 0.05) is 55.4 Å². The summed E-state index contributed by atoms with van der Waals surface area (Å²) in [5, 5.41) is 16.6. The molecule has 6 rings (SSSR count). The Labute approximate surface area is 410 Å². The summed E-state index contributed by atoms with van der Waals surface area (Å²) < 4.78 is 69.9. The molecule has 0 spiro atoms. The van der Waals surface area contributed by atoms with Crippen LogP contribution in [-0.4, -0.2) is 140 Å². The lowest BCUT2D eigenvalue weighted by Gasteiger charge is -2.44. The van der Waals surface area contributed by atoms with E-state index in [0.717, 1.165) is 52.7 Å². The molecule has 26 nitrogen and oxygen atoms in total. The SMILES string of the molecule is CC(=O)OC[C@@H]1O[C@H](n2cc(COc3ccc(-c4ccc(OCc5cn([C@@H]6O[C@H](COC(C)=O)[C@@H](OC(C)=O)[C@H](OC(C)=O)[C@H]6OC(C)=O)nn5)cc4)cc3)nn2)[C@@H](OC(C)=O)[C@H](OC(C)=O)[C@H]1OC(C)=O. The maximum absolute atomic E-state index is 12.3. The van der Waals surface area contributed by atoms with Gasteiger partial charge < -0.3 is 56.8 Å². The highest BCUT2D eigenvalue weighted by Crippen LogP contribution is 2.36. The molecule has 0 saturated carbocycles. The number of nitrogens with zero attached hydrogens (tertiary/aromatic N) is 6. The molecule has 10 atom stereocenters. The van der Waals surface area contributed by atoms with Gasteiger partial charge in [-0.2, -0.15) is 0 Å². The molecule has 0 bridgehead atoms. The van der Waals surface area contributed by atoms with E-state index in [0.29, 0.717) is 22.9 Å². The van der Waals surface area contributed by atoms with Crippen molar-refractivity contribution in [3.63, 3.8) is 0 Å². The van der Waals surface area contributed by atoms with Gasteiger partial charge in [0.2, 0.25) is 0 Å². The highest BCUT2D eigenvalue weighted by molar-refractivity contribution is 5.70. The second-order valence-corrected chi connectivity index (χ2v) is 16.2. The summed E-state index contributed by atoms with van der Waals surface area (Å²) in [5.41, 5.74) is 2.34. The number of hydrogen-bond donors (Lipinski definition) is 0. The first-order valence-corrected chi connectivity index (χ1v) is 22.1. The van der Waals surface area contributed by atoms with Gasteiger partial charge in [-0.1, -0.05) is 34.7 Å². The van der Waals surface area contributed by atoms with E-state index in [9.17, 15) is 38.4 Å². The van der Waals surface area contributed by atoms with Crippen LogP contribution in [-0.2, 0) is 98.9 Å². The average molecular weight is 1010 g/mol. The minimum absolute atomic E-state index is 0.0627. The molecule has 0 radical (unpaired) electrons. The van der Waals surface area contributed by atoms with E-state index < -0.39 is 122 Å². The van der Waals surface area contributed by atoms with Crippen molar-refractivity contribution >= 4 is 47.8 Å². The van der Waals surface area contributed by atoms with Crippen molar-refractivity contribution in [1.82, 2.24) is 30.0 Å². The van der Waals surface area contributed by atoms with Crippen molar-refractivity contribution in [3.8, 4) is 22.6 Å². The molecule has 26 heteroatoms. The third-order valence-electron chi connectivity index (χ3n) is 10.4. The third-order valence-corrected chi connectivity index (χ3v) is 10.4. The first kappa shape index (κ1) is 53.4. The number of hydrogen-bond acceptors (Lipinski definition) is 24. The number of carbonyl (C=O) groups is 8. The van der Waals surface area contributed by atoms with Crippen molar-refractivity contribution in [1.29, 1.82) is 0 Å². The number of aromatic nitrogens is 6. The first-order valence-electron chi connectivity index (χ1n) is 22.1. The number of rotatable bonds is 19. The lowest BCUT2D eigenvalue weighted by atomic mass is 9.97. The Morgan fingerprint density at radius 3 is 1.04 bits per heavy atom. The largest absolute Gasteiger partial charge is 0.487 e. The lowest BCUT2D eigenvalue weighted by molar-refractivity contribution is -0.270. The van der Waals surface area contributed by atoms with Crippen molar-refractivity contribution in [2.24, 2.45) is 0 Å². The molecule has 2 fully saturated rings. The number of esters is 8. The zero-order valence-corrected chi connectivity index (χ0v) is 40.2. The first-order chi connectivity index (χ1) is 34.2. The van der Waals surface area contributed by atoms with Gasteiger partial charge in [-0.25, -0.2) is 9.36 Å². The van der Waals surface area contributed by atoms with Crippen molar-refractivity contribution in [3.05, 3.63) is 72.3 Å². The number of carbonyl (C=O) groups excluding carboxylic acids is 8. The van der Waals surface area contributed by atoms with Crippen LogP contribution in [0.25, 0.3) is 11.1 Å². The Hall–Kier alpha value is -8.00. The summed E-state index contributed by atoms with van der Waals surface area (Å²) in [6.45, 7) is 8.16. The normalized spacial score (nSPS) is 23.6. The predicted octanol–water partition coefficient (Wildman–Crippen LogP) is 2.21. The maximum Gasteiger partial charge on any atom is 0.303 e. The number of benzene rings is 2. The van der Waals surface area contributed by atoms with Gasteiger partial charge in [-0.05, 0) is 35.4 Å². The summed E-state index contributed by atoms with van der Waals surface area (Å²) in [5.74, 6) is -4.95. The summed E-state index contributed by atoms with van der Waals surface area (Å²) in [7, 11) is 0. The summed E-state index contributed by atoms with van der Waals surface area (Å²) in [4.78, 5) is 96.5. The Bertz CT molecular complexity index is 2410. The molecule has 4 heterocycles. The van der Waals surface area contributed by atoms with E-state index in [4.69, 9.17) is 56.8 Å². The molecule has 0 aliphatic carbocycles. The van der Waals surface area contributed by atoms with Crippen molar-refractivity contribution < 1.29 is 95.2 Å². The Morgan fingerprint density at radius 1 is 0.431 bits per heavy atom. The summed E-state index contributed by atoms with van der Waals surface area (Å²) in [6, 6.07) is 14.3. The number of ether oxygens (including phenoxy) is 12. The van der Waals surface area contributed by atoms with E-state index in [1.54, 1.807) is 24.3 Å². The van der Waals surface area contributed by atoms with Gasteiger partial charge in [0.15, 0.2) is 49.1 Å². The molecule has 2 aromatic heterocycles. The van der Waals surface area contributed by atoms with Crippen LogP contribution in [0.5, 0.6) is 11.5 Å². The van der Waals surface area contributed by atoms with Crippen LogP contribution in [0, 0.1) is 0 Å². The fourth-order valence-corrected chi connectivity index (χ4v) is 7.65. The molecule has 0 unspecified atom stereocenters. The van der Waals surface area contributed by atoms with Gasteiger partial charge in [0.05, 0.1) is 12.4 Å². The van der Waals surface area contributed by atoms with Crippen LogP contribution in [0.4, 0.5) is 0 Å². The Kier molecular flexibility index (Phi) is 17.9. The third kappa shape index (κ3) is 14.5. The Balaban J connectivity index is 1.09. The van der Waals surface area contributed by atoms with Crippen LogP contribution in [0.2, 0.25) is 0 Å². The molecular formula is C46H52N6O20. The molecule has 0 amide bonds. The zero-order chi connectivity index (χ0) is 52.2. The molecular weight excluding hydrogens is 957 g/mol. The second kappa shape index (κ2) is 24.2.